The zero-order valence-corrected chi connectivity index (χ0v) is 13.0. The van der Waals surface area contributed by atoms with Crippen molar-refractivity contribution in [3.8, 4) is 0 Å². The summed E-state index contributed by atoms with van der Waals surface area (Å²) in [6.45, 7) is 3.19. The minimum Gasteiger partial charge on any atom is -0.308 e. The summed E-state index contributed by atoms with van der Waals surface area (Å²) in [5.74, 6) is 0.865. The third kappa shape index (κ3) is 3.62. The first-order valence-electron chi connectivity index (χ1n) is 8.45. The highest BCUT2D eigenvalue weighted by Crippen LogP contribution is 2.27. The van der Waals surface area contributed by atoms with Crippen molar-refractivity contribution in [1.29, 1.82) is 0 Å². The standard InChI is InChI=1S/C19H26N2/c1-2-18(15-8-4-3-5-9-15)20-14-17-13-12-16-10-6-7-11-19(16)21-17/h6-7,10-13,15,18,20H,2-5,8-9,14H2,1H3. The molecule has 1 aliphatic carbocycles. The lowest BCUT2D eigenvalue weighted by molar-refractivity contribution is 0.261. The average Bonchev–Trinajstić information content (AvgIpc) is 2.56. The molecule has 1 fully saturated rings. The molecule has 0 aliphatic heterocycles. The Bertz CT molecular complexity index is 573. The maximum absolute atomic E-state index is 4.76. The maximum Gasteiger partial charge on any atom is 0.0705 e. The molecule has 2 aromatic rings. The van der Waals surface area contributed by atoms with Crippen molar-refractivity contribution in [1.82, 2.24) is 10.3 Å². The van der Waals surface area contributed by atoms with Crippen LogP contribution in [0.1, 0.15) is 51.1 Å². The number of fused-ring (bicyclic) bond motifs is 1. The number of rotatable bonds is 5. The van der Waals surface area contributed by atoms with Crippen LogP contribution in [0.3, 0.4) is 0 Å². The first kappa shape index (κ1) is 14.5. The van der Waals surface area contributed by atoms with Crippen LogP contribution in [0.15, 0.2) is 36.4 Å². The van der Waals surface area contributed by atoms with Crippen molar-refractivity contribution >= 4 is 10.9 Å². The smallest absolute Gasteiger partial charge is 0.0705 e. The van der Waals surface area contributed by atoms with Gasteiger partial charge >= 0.3 is 0 Å². The second-order valence-corrected chi connectivity index (χ2v) is 6.29. The fourth-order valence-electron chi connectivity index (χ4n) is 3.62. The van der Waals surface area contributed by atoms with Gasteiger partial charge in [0.1, 0.15) is 0 Å². The minimum absolute atomic E-state index is 0.651. The number of nitrogens with one attached hydrogen (secondary N) is 1. The molecule has 2 nitrogen and oxygen atoms in total. The number of benzene rings is 1. The molecule has 1 unspecified atom stereocenters. The van der Waals surface area contributed by atoms with Crippen molar-refractivity contribution in [3.63, 3.8) is 0 Å². The van der Waals surface area contributed by atoms with E-state index < -0.39 is 0 Å². The topological polar surface area (TPSA) is 24.9 Å². The predicted molar refractivity (Wildman–Crippen MR) is 89.2 cm³/mol. The zero-order chi connectivity index (χ0) is 14.5. The first-order valence-corrected chi connectivity index (χ1v) is 8.45. The lowest BCUT2D eigenvalue weighted by Crippen LogP contribution is -2.36. The molecule has 0 spiro atoms. The van der Waals surface area contributed by atoms with E-state index in [0.717, 1.165) is 23.7 Å². The van der Waals surface area contributed by atoms with Crippen molar-refractivity contribution in [2.24, 2.45) is 5.92 Å². The lowest BCUT2D eigenvalue weighted by Gasteiger charge is -2.30. The number of para-hydroxylation sites is 1. The van der Waals surface area contributed by atoms with Crippen LogP contribution in [0.5, 0.6) is 0 Å². The summed E-state index contributed by atoms with van der Waals surface area (Å²) in [6, 6.07) is 13.3. The number of pyridine rings is 1. The fraction of sp³-hybridized carbons (Fsp3) is 0.526. The van der Waals surface area contributed by atoms with Gasteiger partial charge in [-0.3, -0.25) is 4.98 Å². The molecule has 1 aliphatic rings. The Balaban J connectivity index is 1.64. The van der Waals surface area contributed by atoms with Crippen molar-refractivity contribution in [2.75, 3.05) is 0 Å². The highest BCUT2D eigenvalue weighted by molar-refractivity contribution is 5.78. The largest absolute Gasteiger partial charge is 0.308 e. The normalized spacial score (nSPS) is 18.0. The Kier molecular flexibility index (Phi) is 4.87. The summed E-state index contributed by atoms with van der Waals surface area (Å²) < 4.78 is 0. The molecule has 3 rings (SSSR count). The van der Waals surface area contributed by atoms with E-state index in [4.69, 9.17) is 4.98 Å². The van der Waals surface area contributed by atoms with Gasteiger partial charge in [-0.25, -0.2) is 0 Å². The molecule has 1 atom stereocenters. The molecule has 0 radical (unpaired) electrons. The van der Waals surface area contributed by atoms with E-state index in [-0.39, 0.29) is 0 Å². The van der Waals surface area contributed by atoms with Crippen LogP contribution in [0, 0.1) is 5.92 Å². The van der Waals surface area contributed by atoms with Crippen LogP contribution in [0.4, 0.5) is 0 Å². The molecule has 0 amide bonds. The highest BCUT2D eigenvalue weighted by Gasteiger charge is 2.21. The van der Waals surface area contributed by atoms with Gasteiger partial charge in [0.05, 0.1) is 11.2 Å². The first-order chi connectivity index (χ1) is 10.4. The summed E-state index contributed by atoms with van der Waals surface area (Å²) in [6.07, 6.45) is 8.28. The number of hydrogen-bond donors (Lipinski definition) is 1. The molecule has 1 heterocycles. The molecule has 2 heteroatoms. The van der Waals surface area contributed by atoms with Gasteiger partial charge in [-0.05, 0) is 37.3 Å². The van der Waals surface area contributed by atoms with E-state index in [1.54, 1.807) is 0 Å². The Hall–Kier alpha value is -1.41. The van der Waals surface area contributed by atoms with Gasteiger partial charge in [-0.15, -0.1) is 0 Å². The van der Waals surface area contributed by atoms with Crippen LogP contribution in [-0.2, 0) is 6.54 Å². The van der Waals surface area contributed by atoms with Crippen LogP contribution in [-0.4, -0.2) is 11.0 Å². The fourth-order valence-corrected chi connectivity index (χ4v) is 3.62. The van der Waals surface area contributed by atoms with Gasteiger partial charge in [0.2, 0.25) is 0 Å². The second-order valence-electron chi connectivity index (χ2n) is 6.29. The molecule has 112 valence electrons. The van der Waals surface area contributed by atoms with Crippen LogP contribution in [0.2, 0.25) is 0 Å². The van der Waals surface area contributed by atoms with Crippen LogP contribution < -0.4 is 5.32 Å². The van der Waals surface area contributed by atoms with E-state index in [0.29, 0.717) is 6.04 Å². The Labute approximate surface area is 128 Å². The van der Waals surface area contributed by atoms with Gasteiger partial charge in [0.25, 0.3) is 0 Å². The summed E-state index contributed by atoms with van der Waals surface area (Å²) in [5.41, 5.74) is 2.26. The summed E-state index contributed by atoms with van der Waals surface area (Å²) in [7, 11) is 0. The van der Waals surface area contributed by atoms with E-state index >= 15 is 0 Å². The van der Waals surface area contributed by atoms with Crippen LogP contribution >= 0.6 is 0 Å². The molecule has 1 saturated carbocycles. The van der Waals surface area contributed by atoms with Gasteiger partial charge < -0.3 is 5.32 Å². The van der Waals surface area contributed by atoms with E-state index in [1.165, 1.54) is 43.9 Å². The third-order valence-electron chi connectivity index (χ3n) is 4.86. The molecule has 0 saturated heterocycles. The average molecular weight is 282 g/mol. The maximum atomic E-state index is 4.76. The van der Waals surface area contributed by atoms with E-state index in [2.05, 4.69) is 48.6 Å². The molecule has 1 aromatic heterocycles. The van der Waals surface area contributed by atoms with Gasteiger partial charge in [-0.2, -0.15) is 0 Å². The predicted octanol–water partition coefficient (Wildman–Crippen LogP) is 4.68. The molecule has 1 aromatic carbocycles. The summed E-state index contributed by atoms with van der Waals surface area (Å²) in [4.78, 5) is 4.76. The van der Waals surface area contributed by atoms with Crippen LogP contribution in [0.25, 0.3) is 10.9 Å². The van der Waals surface area contributed by atoms with Crippen molar-refractivity contribution in [2.45, 2.75) is 58.0 Å². The van der Waals surface area contributed by atoms with E-state index in [9.17, 15) is 0 Å². The molecule has 21 heavy (non-hydrogen) atoms. The van der Waals surface area contributed by atoms with E-state index in [1.807, 2.05) is 0 Å². The van der Waals surface area contributed by atoms with Gasteiger partial charge in [0, 0.05) is 18.0 Å². The molecule has 1 N–H and O–H groups in total. The molecular weight excluding hydrogens is 256 g/mol. The summed E-state index contributed by atoms with van der Waals surface area (Å²) >= 11 is 0. The Morgan fingerprint density at radius 3 is 2.71 bits per heavy atom. The third-order valence-corrected chi connectivity index (χ3v) is 4.86. The quantitative estimate of drug-likeness (QED) is 0.861. The summed E-state index contributed by atoms with van der Waals surface area (Å²) in [5, 5.41) is 4.98. The number of aromatic nitrogens is 1. The van der Waals surface area contributed by atoms with Gasteiger partial charge in [-0.1, -0.05) is 50.5 Å². The van der Waals surface area contributed by atoms with Crippen molar-refractivity contribution < 1.29 is 0 Å². The molecule has 0 bridgehead atoms. The number of hydrogen-bond acceptors (Lipinski definition) is 2. The second kappa shape index (κ2) is 7.04. The Morgan fingerprint density at radius 1 is 1.10 bits per heavy atom. The Morgan fingerprint density at radius 2 is 1.90 bits per heavy atom. The highest BCUT2D eigenvalue weighted by atomic mass is 14.9. The zero-order valence-electron chi connectivity index (χ0n) is 13.0. The van der Waals surface area contributed by atoms with Gasteiger partial charge in [0.15, 0.2) is 0 Å². The SMILES string of the molecule is CCC(NCc1ccc2ccccc2n1)C1CCCCC1. The lowest BCUT2D eigenvalue weighted by atomic mass is 9.83. The molecular formula is C19H26N2. The monoisotopic (exact) mass is 282 g/mol. The minimum atomic E-state index is 0.651. The van der Waals surface area contributed by atoms with Crippen molar-refractivity contribution in [3.05, 3.63) is 42.1 Å². The number of nitrogens with zero attached hydrogens (tertiary/aromatic N) is 1.